The minimum Gasteiger partial charge on any atom is -0.332 e. The van der Waals surface area contributed by atoms with E-state index in [2.05, 4.69) is 33.0 Å². The summed E-state index contributed by atoms with van der Waals surface area (Å²) in [5.74, 6) is -0.0938. The Hall–Kier alpha value is -4.86. The Morgan fingerprint density at radius 2 is 1.71 bits per heavy atom. The van der Waals surface area contributed by atoms with Gasteiger partial charge in [0.05, 0.1) is 11.7 Å². The first-order valence-corrected chi connectivity index (χ1v) is 14.5. The quantitative estimate of drug-likeness (QED) is 0.345. The number of hydrogen-bond donors (Lipinski definition) is 3. The molecule has 0 saturated carbocycles. The normalized spacial score (nSPS) is 19.2. The van der Waals surface area contributed by atoms with Gasteiger partial charge in [-0.1, -0.05) is 48.5 Å². The Morgan fingerprint density at radius 1 is 0.929 bits per heavy atom. The van der Waals surface area contributed by atoms with Crippen LogP contribution in [-0.4, -0.2) is 68.0 Å². The molecular weight excluding hydrogens is 530 g/mol. The first-order valence-electron chi connectivity index (χ1n) is 14.5. The van der Waals surface area contributed by atoms with Crippen molar-refractivity contribution in [2.24, 2.45) is 0 Å². The molecule has 1 unspecified atom stereocenters. The lowest BCUT2D eigenvalue weighted by Crippen LogP contribution is -2.55. The largest absolute Gasteiger partial charge is 0.332 e. The van der Waals surface area contributed by atoms with Crippen molar-refractivity contribution in [3.05, 3.63) is 95.2 Å². The highest BCUT2D eigenvalue weighted by Gasteiger charge is 2.35. The molecule has 0 spiro atoms. The lowest BCUT2D eigenvalue weighted by atomic mass is 9.99. The molecule has 42 heavy (non-hydrogen) atoms. The summed E-state index contributed by atoms with van der Waals surface area (Å²) in [7, 11) is 0. The summed E-state index contributed by atoms with van der Waals surface area (Å²) in [6, 6.07) is 20.9. The van der Waals surface area contributed by atoms with Crippen LogP contribution in [0.15, 0.2) is 72.9 Å². The third kappa shape index (κ3) is 5.04. The van der Waals surface area contributed by atoms with E-state index in [9.17, 15) is 14.4 Å². The molecule has 1 fully saturated rings. The highest BCUT2D eigenvalue weighted by Crippen LogP contribution is 2.29. The van der Waals surface area contributed by atoms with Crippen LogP contribution in [0, 0.1) is 0 Å². The van der Waals surface area contributed by atoms with Crippen LogP contribution in [0.4, 0.5) is 15.3 Å². The number of nitrogens with one attached hydrogen (secondary N) is 3. The van der Waals surface area contributed by atoms with E-state index >= 15 is 0 Å². The number of amides is 5. The predicted octanol–water partition coefficient (Wildman–Crippen LogP) is 4.24. The molecule has 1 aromatic heterocycles. The molecule has 4 heterocycles. The van der Waals surface area contributed by atoms with Gasteiger partial charge in [-0.05, 0) is 53.3 Å². The molecule has 5 amide bonds. The van der Waals surface area contributed by atoms with E-state index in [0.717, 1.165) is 38.8 Å². The van der Waals surface area contributed by atoms with E-state index in [4.69, 9.17) is 0 Å². The number of benzene rings is 3. The van der Waals surface area contributed by atoms with Crippen LogP contribution in [0.3, 0.4) is 0 Å². The van der Waals surface area contributed by atoms with Gasteiger partial charge in [0.15, 0.2) is 0 Å². The predicted molar refractivity (Wildman–Crippen MR) is 158 cm³/mol. The van der Waals surface area contributed by atoms with Crippen molar-refractivity contribution in [1.29, 1.82) is 0 Å². The van der Waals surface area contributed by atoms with Gasteiger partial charge < -0.3 is 25.3 Å². The lowest BCUT2D eigenvalue weighted by molar-refractivity contribution is -0.134. The molecule has 3 aliphatic heterocycles. The second-order valence-corrected chi connectivity index (χ2v) is 11.4. The van der Waals surface area contributed by atoms with E-state index in [1.807, 2.05) is 64.4 Å². The van der Waals surface area contributed by atoms with Gasteiger partial charge in [-0.15, -0.1) is 0 Å². The summed E-state index contributed by atoms with van der Waals surface area (Å²) in [5.41, 5.74) is 6.01. The molecular formula is C32H33N7O3. The highest BCUT2D eigenvalue weighted by atomic mass is 16.2. The van der Waals surface area contributed by atoms with Gasteiger partial charge in [0.25, 0.3) is 0 Å². The number of likely N-dealkylation sites (tertiary alicyclic amines) is 1. The van der Waals surface area contributed by atoms with Crippen LogP contribution in [0.1, 0.15) is 35.1 Å². The zero-order valence-electron chi connectivity index (χ0n) is 23.3. The van der Waals surface area contributed by atoms with Crippen molar-refractivity contribution < 1.29 is 14.4 Å². The fraction of sp³-hybridized carbons (Fsp3) is 0.312. The fourth-order valence-electron chi connectivity index (χ4n) is 6.42. The number of anilines is 1. The second-order valence-electron chi connectivity index (χ2n) is 11.4. The number of nitrogens with zero attached hydrogens (tertiary/aromatic N) is 4. The summed E-state index contributed by atoms with van der Waals surface area (Å²) in [6.45, 7) is 2.51. The molecule has 4 aromatic rings. The second kappa shape index (κ2) is 10.8. The van der Waals surface area contributed by atoms with E-state index in [1.54, 1.807) is 11.1 Å². The van der Waals surface area contributed by atoms with Crippen molar-refractivity contribution in [2.75, 3.05) is 18.4 Å². The van der Waals surface area contributed by atoms with Crippen molar-refractivity contribution in [3.8, 4) is 0 Å². The average molecular weight is 564 g/mol. The van der Waals surface area contributed by atoms with E-state index < -0.39 is 6.04 Å². The van der Waals surface area contributed by atoms with Gasteiger partial charge in [0.1, 0.15) is 6.04 Å². The molecule has 3 aromatic carbocycles. The lowest BCUT2D eigenvalue weighted by Gasteiger charge is -2.40. The molecule has 0 bridgehead atoms. The Kier molecular flexibility index (Phi) is 6.73. The number of para-hydroxylation sites is 1. The first-order chi connectivity index (χ1) is 20.5. The standard InChI is InChI=1S/C32H33N7O3/c40-30-29(15-23-14-24-17-33-36-28(24)16-25(23)19-38(30)18-21-6-2-1-3-7-21)35-31(41)37-12-10-26(11-13-37)39-20-22-8-4-5-9-27(22)34-32(39)42/h1-9,14,16-17,26,29H,10-13,15,18-20H2,(H,33,36)(H,34,42)(H,35,41). The average Bonchev–Trinajstić information content (AvgIpc) is 3.43. The number of aromatic amines is 1. The van der Waals surface area contributed by atoms with E-state index in [1.165, 1.54) is 0 Å². The molecule has 0 aliphatic carbocycles. The number of urea groups is 2. The van der Waals surface area contributed by atoms with Crippen molar-refractivity contribution in [3.63, 3.8) is 0 Å². The summed E-state index contributed by atoms with van der Waals surface area (Å²) in [4.78, 5) is 45.7. The Labute approximate surface area is 243 Å². The molecule has 1 saturated heterocycles. The molecule has 3 N–H and O–H groups in total. The number of H-pyrrole nitrogens is 1. The maximum Gasteiger partial charge on any atom is 0.322 e. The zero-order valence-corrected chi connectivity index (χ0v) is 23.3. The van der Waals surface area contributed by atoms with E-state index in [-0.39, 0.29) is 24.0 Å². The SMILES string of the molecule is O=C(NC1Cc2cc3cn[nH]c3cc2CN(Cc2ccccc2)C1=O)N1CCC(N2Cc3ccccc3NC2=O)CC1. The summed E-state index contributed by atoms with van der Waals surface area (Å²) < 4.78 is 0. The first kappa shape index (κ1) is 26.1. The summed E-state index contributed by atoms with van der Waals surface area (Å²) in [5, 5.41) is 14.2. The number of carbonyl (C=O) groups is 3. The topological polar surface area (TPSA) is 114 Å². The zero-order chi connectivity index (χ0) is 28.6. The van der Waals surface area contributed by atoms with Crippen LogP contribution in [0.2, 0.25) is 0 Å². The monoisotopic (exact) mass is 563 g/mol. The van der Waals surface area contributed by atoms with E-state index in [0.29, 0.717) is 52.0 Å². The minimum absolute atomic E-state index is 0.0486. The van der Waals surface area contributed by atoms with Crippen LogP contribution < -0.4 is 10.6 Å². The number of piperidine rings is 1. The van der Waals surface area contributed by atoms with Gasteiger partial charge in [-0.2, -0.15) is 5.10 Å². The van der Waals surface area contributed by atoms with Crippen LogP contribution >= 0.6 is 0 Å². The Balaban J connectivity index is 1.05. The molecule has 10 nitrogen and oxygen atoms in total. The number of hydrogen-bond acceptors (Lipinski definition) is 4. The van der Waals surface area contributed by atoms with Gasteiger partial charge in [0.2, 0.25) is 5.91 Å². The van der Waals surface area contributed by atoms with Gasteiger partial charge in [-0.25, -0.2) is 9.59 Å². The third-order valence-corrected chi connectivity index (χ3v) is 8.72. The molecule has 10 heteroatoms. The van der Waals surface area contributed by atoms with Crippen molar-refractivity contribution in [1.82, 2.24) is 30.2 Å². The highest BCUT2D eigenvalue weighted by molar-refractivity contribution is 5.92. The minimum atomic E-state index is -0.686. The number of rotatable bonds is 4. The summed E-state index contributed by atoms with van der Waals surface area (Å²) in [6.07, 6.45) is 3.56. The number of aromatic nitrogens is 2. The number of carbonyl (C=O) groups excluding carboxylic acids is 3. The van der Waals surface area contributed by atoms with Crippen LogP contribution in [0.25, 0.3) is 10.9 Å². The summed E-state index contributed by atoms with van der Waals surface area (Å²) >= 11 is 0. The van der Waals surface area contributed by atoms with Crippen molar-refractivity contribution in [2.45, 2.75) is 51.0 Å². The van der Waals surface area contributed by atoms with Gasteiger partial charge in [-0.3, -0.25) is 9.89 Å². The van der Waals surface area contributed by atoms with Gasteiger partial charge >= 0.3 is 12.1 Å². The third-order valence-electron chi connectivity index (χ3n) is 8.72. The van der Waals surface area contributed by atoms with Crippen molar-refractivity contribution >= 4 is 34.6 Å². The van der Waals surface area contributed by atoms with Gasteiger partial charge in [0, 0.05) is 56.3 Å². The molecule has 1 atom stereocenters. The van der Waals surface area contributed by atoms with Crippen LogP contribution in [0.5, 0.6) is 0 Å². The molecule has 3 aliphatic rings. The Bertz CT molecular complexity index is 1640. The molecule has 0 radical (unpaired) electrons. The maximum atomic E-state index is 13.9. The number of fused-ring (bicyclic) bond motifs is 3. The van der Waals surface area contributed by atoms with Crippen LogP contribution in [-0.2, 0) is 30.8 Å². The fourth-order valence-corrected chi connectivity index (χ4v) is 6.42. The molecule has 214 valence electrons. The smallest absolute Gasteiger partial charge is 0.322 e. The maximum absolute atomic E-state index is 13.9. The molecule has 7 rings (SSSR count). The Morgan fingerprint density at radius 3 is 2.55 bits per heavy atom.